The van der Waals surface area contributed by atoms with Gasteiger partial charge in [-0.05, 0) is 46.8 Å². The van der Waals surface area contributed by atoms with E-state index in [1.54, 1.807) is 7.11 Å². The summed E-state index contributed by atoms with van der Waals surface area (Å²) in [7, 11) is 1.71. The van der Waals surface area contributed by atoms with Crippen LogP contribution in [-0.2, 0) is 0 Å². The Kier molecular flexibility index (Phi) is 4.62. The molecule has 1 aromatic carbocycles. The molecule has 2 nitrogen and oxygen atoms in total. The van der Waals surface area contributed by atoms with Crippen molar-refractivity contribution < 1.29 is 9.47 Å². The molecule has 0 atom stereocenters. The molecule has 0 aliphatic heterocycles. The van der Waals surface area contributed by atoms with Gasteiger partial charge in [-0.15, -0.1) is 0 Å². The fraction of sp³-hybridized carbons (Fsp3) is 0.467. The SMILES string of the molecule is CCOc1cc(=C(C)C)c(OC)cc1=C(C)C. The molecule has 0 aliphatic rings. The second-order valence-corrected chi connectivity index (χ2v) is 4.48. The third-order valence-electron chi connectivity index (χ3n) is 2.68. The largest absolute Gasteiger partial charge is 0.496 e. The first-order valence-electron chi connectivity index (χ1n) is 5.97. The van der Waals surface area contributed by atoms with E-state index < -0.39 is 0 Å². The van der Waals surface area contributed by atoms with E-state index in [0.717, 1.165) is 21.9 Å². The molecule has 1 rings (SSSR count). The van der Waals surface area contributed by atoms with Crippen LogP contribution in [0.15, 0.2) is 12.1 Å². The molecule has 0 spiro atoms. The van der Waals surface area contributed by atoms with Gasteiger partial charge in [-0.3, -0.25) is 0 Å². The second-order valence-electron chi connectivity index (χ2n) is 4.48. The average Bonchev–Trinajstić information content (AvgIpc) is 2.28. The molecule has 0 fully saturated rings. The molecule has 94 valence electrons. The van der Waals surface area contributed by atoms with Crippen molar-refractivity contribution in [2.45, 2.75) is 34.6 Å². The number of ether oxygens (including phenoxy) is 2. The minimum absolute atomic E-state index is 0.675. The first kappa shape index (κ1) is 13.6. The van der Waals surface area contributed by atoms with E-state index >= 15 is 0 Å². The highest BCUT2D eigenvalue weighted by molar-refractivity contribution is 5.52. The molecule has 0 bridgehead atoms. The third kappa shape index (κ3) is 3.02. The second kappa shape index (κ2) is 5.76. The van der Waals surface area contributed by atoms with Crippen LogP contribution >= 0.6 is 0 Å². The predicted octanol–water partition coefficient (Wildman–Crippen LogP) is 2.47. The van der Waals surface area contributed by atoms with Crippen LogP contribution < -0.4 is 19.9 Å². The summed E-state index contributed by atoms with van der Waals surface area (Å²) in [5, 5.41) is 2.23. The molecule has 0 unspecified atom stereocenters. The Morgan fingerprint density at radius 1 is 0.941 bits per heavy atom. The quantitative estimate of drug-likeness (QED) is 0.800. The summed E-state index contributed by atoms with van der Waals surface area (Å²) in [6, 6.07) is 4.13. The zero-order chi connectivity index (χ0) is 13.0. The Bertz CT molecular complexity index is 504. The van der Waals surface area contributed by atoms with Gasteiger partial charge in [0, 0.05) is 10.4 Å². The lowest BCUT2D eigenvalue weighted by Gasteiger charge is -2.10. The summed E-state index contributed by atoms with van der Waals surface area (Å²) >= 11 is 0. The van der Waals surface area contributed by atoms with Gasteiger partial charge in [-0.1, -0.05) is 11.1 Å². The molecule has 0 amide bonds. The van der Waals surface area contributed by atoms with E-state index in [-0.39, 0.29) is 0 Å². The Morgan fingerprint density at radius 2 is 1.41 bits per heavy atom. The Hall–Kier alpha value is -1.44. The van der Waals surface area contributed by atoms with Crippen molar-refractivity contribution in [3.05, 3.63) is 22.6 Å². The molecular formula is C15H22O2. The van der Waals surface area contributed by atoms with Crippen molar-refractivity contribution in [2.24, 2.45) is 0 Å². The van der Waals surface area contributed by atoms with Crippen LogP contribution in [0, 0.1) is 0 Å². The lowest BCUT2D eigenvalue weighted by molar-refractivity contribution is 0.335. The summed E-state index contributed by atoms with van der Waals surface area (Å²) in [4.78, 5) is 0. The van der Waals surface area contributed by atoms with Crippen LogP contribution in [-0.4, -0.2) is 13.7 Å². The molecule has 17 heavy (non-hydrogen) atoms. The van der Waals surface area contributed by atoms with E-state index in [0.29, 0.717) is 6.61 Å². The number of rotatable bonds is 3. The van der Waals surface area contributed by atoms with Gasteiger partial charge >= 0.3 is 0 Å². The van der Waals surface area contributed by atoms with Crippen LogP contribution in [0.25, 0.3) is 11.1 Å². The van der Waals surface area contributed by atoms with Gasteiger partial charge < -0.3 is 9.47 Å². The van der Waals surface area contributed by atoms with Gasteiger partial charge in [0.1, 0.15) is 11.5 Å². The zero-order valence-electron chi connectivity index (χ0n) is 11.7. The minimum Gasteiger partial charge on any atom is -0.496 e. The third-order valence-corrected chi connectivity index (χ3v) is 2.68. The summed E-state index contributed by atoms with van der Waals surface area (Å²) in [5.74, 6) is 1.84. The molecule has 0 N–H and O–H groups in total. The van der Waals surface area contributed by atoms with E-state index in [9.17, 15) is 0 Å². The van der Waals surface area contributed by atoms with Gasteiger partial charge in [0.05, 0.1) is 13.7 Å². The molecule has 1 aromatic rings. The lowest BCUT2D eigenvalue weighted by Crippen LogP contribution is -2.18. The van der Waals surface area contributed by atoms with Crippen molar-refractivity contribution in [3.8, 4) is 11.5 Å². The topological polar surface area (TPSA) is 18.5 Å². The monoisotopic (exact) mass is 234 g/mol. The Labute approximate surface area is 104 Å². The van der Waals surface area contributed by atoms with Gasteiger partial charge in [0.25, 0.3) is 0 Å². The predicted molar refractivity (Wildman–Crippen MR) is 72.9 cm³/mol. The van der Waals surface area contributed by atoms with Crippen LogP contribution in [0.5, 0.6) is 11.5 Å². The van der Waals surface area contributed by atoms with Crippen LogP contribution in [0.1, 0.15) is 34.6 Å². The Balaban J connectivity index is 3.68. The van der Waals surface area contributed by atoms with Gasteiger partial charge in [-0.2, -0.15) is 0 Å². The van der Waals surface area contributed by atoms with Gasteiger partial charge in [-0.25, -0.2) is 0 Å². The van der Waals surface area contributed by atoms with Gasteiger partial charge in [0.15, 0.2) is 0 Å². The van der Waals surface area contributed by atoms with Crippen molar-refractivity contribution in [1.29, 1.82) is 0 Å². The lowest BCUT2D eigenvalue weighted by atomic mass is 10.1. The van der Waals surface area contributed by atoms with Crippen molar-refractivity contribution in [2.75, 3.05) is 13.7 Å². The summed E-state index contributed by atoms with van der Waals surface area (Å²) < 4.78 is 11.1. The Morgan fingerprint density at radius 3 is 1.82 bits per heavy atom. The van der Waals surface area contributed by atoms with Crippen molar-refractivity contribution in [1.82, 2.24) is 0 Å². The molecule has 0 saturated carbocycles. The summed E-state index contributed by atoms with van der Waals surface area (Å²) in [6.07, 6.45) is 0. The van der Waals surface area contributed by atoms with E-state index in [1.165, 1.54) is 11.1 Å². The minimum atomic E-state index is 0.675. The highest BCUT2D eigenvalue weighted by Gasteiger charge is 2.04. The number of hydrogen-bond donors (Lipinski definition) is 0. The normalized spacial score (nSPS) is 10.0. The summed E-state index contributed by atoms with van der Waals surface area (Å²) in [6.45, 7) is 11.0. The van der Waals surface area contributed by atoms with Crippen molar-refractivity contribution >= 4 is 11.1 Å². The van der Waals surface area contributed by atoms with Crippen LogP contribution in [0.4, 0.5) is 0 Å². The number of benzene rings is 1. The average molecular weight is 234 g/mol. The number of methoxy groups -OCH3 is 1. The fourth-order valence-electron chi connectivity index (χ4n) is 1.79. The molecular weight excluding hydrogens is 212 g/mol. The maximum absolute atomic E-state index is 5.70. The standard InChI is InChI=1S/C15H22O2/c1-7-17-15-9-12(10(2)3)14(16-6)8-13(15)11(4)5/h8-9H,7H2,1-6H3. The van der Waals surface area contributed by atoms with E-state index in [2.05, 4.69) is 39.8 Å². The summed E-state index contributed by atoms with van der Waals surface area (Å²) in [5.41, 5.74) is 2.45. The smallest absolute Gasteiger partial charge is 0.127 e. The first-order valence-corrected chi connectivity index (χ1v) is 5.97. The highest BCUT2D eigenvalue weighted by atomic mass is 16.5. The molecule has 0 radical (unpaired) electrons. The molecule has 0 saturated heterocycles. The van der Waals surface area contributed by atoms with Gasteiger partial charge in [0.2, 0.25) is 0 Å². The fourth-order valence-corrected chi connectivity index (χ4v) is 1.79. The first-order chi connectivity index (χ1) is 8.01. The molecule has 0 aliphatic carbocycles. The molecule has 0 heterocycles. The molecule has 0 aromatic heterocycles. The van der Waals surface area contributed by atoms with E-state index in [4.69, 9.17) is 9.47 Å². The molecule has 2 heteroatoms. The van der Waals surface area contributed by atoms with Crippen LogP contribution in [0.2, 0.25) is 0 Å². The van der Waals surface area contributed by atoms with Crippen LogP contribution in [0.3, 0.4) is 0 Å². The highest BCUT2D eigenvalue weighted by Crippen LogP contribution is 2.10. The maximum atomic E-state index is 5.70. The van der Waals surface area contributed by atoms with Crippen molar-refractivity contribution in [3.63, 3.8) is 0 Å². The zero-order valence-corrected chi connectivity index (χ0v) is 11.7. The maximum Gasteiger partial charge on any atom is 0.127 e. The number of hydrogen-bond acceptors (Lipinski definition) is 2. The van der Waals surface area contributed by atoms with E-state index in [1.807, 2.05) is 6.92 Å².